The summed E-state index contributed by atoms with van der Waals surface area (Å²) in [7, 11) is -9.93. The number of carbonyl (C=O) groups excluding carboxylic acids is 4. The molecule has 0 saturated heterocycles. The molecule has 5 atom stereocenters. The predicted octanol–water partition coefficient (Wildman–Crippen LogP) is 26.3. The Kier molecular flexibility index (Phi) is 74.3. The fourth-order valence-electron chi connectivity index (χ4n) is 13.5. The highest BCUT2D eigenvalue weighted by Crippen LogP contribution is 2.45. The molecule has 630 valence electrons. The second-order valence-electron chi connectivity index (χ2n) is 33.2. The number of hydrogen-bond donors (Lipinski definition) is 3. The molecule has 0 rings (SSSR count). The van der Waals surface area contributed by atoms with E-state index in [1.807, 2.05) is 0 Å². The Balaban J connectivity index is 5.20. The topological polar surface area (TPSA) is 237 Å². The van der Waals surface area contributed by atoms with E-state index in [1.165, 1.54) is 250 Å². The molecule has 106 heavy (non-hydrogen) atoms. The van der Waals surface area contributed by atoms with E-state index in [1.54, 1.807) is 0 Å². The van der Waals surface area contributed by atoms with E-state index < -0.39 is 97.5 Å². The molecule has 19 heteroatoms. The van der Waals surface area contributed by atoms with Crippen LogP contribution < -0.4 is 0 Å². The van der Waals surface area contributed by atoms with Crippen LogP contribution in [0.5, 0.6) is 0 Å². The van der Waals surface area contributed by atoms with E-state index in [0.717, 1.165) is 114 Å². The van der Waals surface area contributed by atoms with Gasteiger partial charge in [-0.15, -0.1) is 0 Å². The first-order chi connectivity index (χ1) is 51.1. The van der Waals surface area contributed by atoms with Gasteiger partial charge in [-0.1, -0.05) is 402 Å². The molecular formula is C87H170O17P2. The highest BCUT2D eigenvalue weighted by Gasteiger charge is 2.31. The van der Waals surface area contributed by atoms with Crippen molar-refractivity contribution in [1.82, 2.24) is 0 Å². The monoisotopic (exact) mass is 1550 g/mol. The third-order valence-corrected chi connectivity index (χ3v) is 22.2. The number of esters is 4. The minimum atomic E-state index is -4.97. The summed E-state index contributed by atoms with van der Waals surface area (Å²) in [4.78, 5) is 73.2. The van der Waals surface area contributed by atoms with Gasteiger partial charge < -0.3 is 33.8 Å². The van der Waals surface area contributed by atoms with Gasteiger partial charge in [-0.3, -0.25) is 37.3 Å². The highest BCUT2D eigenvalue weighted by molar-refractivity contribution is 7.47. The standard InChI is InChI=1S/C87H170O17P2/c1-77(2)63-55-47-39-33-27-21-15-11-9-10-12-18-24-30-36-42-51-59-67-84(89)97-73-82(103-86(91)69-61-53-43-37-31-25-19-13-16-22-28-34-40-48-56-64-78(3)4)75-101-105(93,94)99-71-81(88)72-100-106(95,96)102-76-83(74-98-85(90)68-60-52-46-45-50-58-66-80(7)8)104-87(92)70-62-54-44-38-32-26-20-14-17-23-29-35-41-49-57-65-79(5)6/h77-83,88H,9-76H2,1-8H3,(H,93,94)(H,95,96)/t81?,82-,83-/m1/s1. The van der Waals surface area contributed by atoms with Crippen LogP contribution in [-0.4, -0.2) is 96.7 Å². The number of unbranched alkanes of at least 4 members (excludes halogenated alkanes) is 50. The van der Waals surface area contributed by atoms with Crippen LogP contribution in [0.4, 0.5) is 0 Å². The SMILES string of the molecule is CC(C)CCCCCCCCCCCCCCCCCCCCC(=O)OC[C@H](COP(=O)(O)OCC(O)COP(=O)(O)OC[C@@H](COC(=O)CCCCCCCCC(C)C)OC(=O)CCCCCCCCCCCCCCCCCC(C)C)OC(=O)CCCCCCCCCCCCCCCCCC(C)C. The van der Waals surface area contributed by atoms with Crippen molar-refractivity contribution in [2.24, 2.45) is 23.7 Å². The van der Waals surface area contributed by atoms with Crippen LogP contribution in [0.15, 0.2) is 0 Å². The minimum Gasteiger partial charge on any atom is -0.462 e. The summed E-state index contributed by atoms with van der Waals surface area (Å²) in [6.45, 7) is 14.3. The van der Waals surface area contributed by atoms with Gasteiger partial charge >= 0.3 is 39.5 Å². The third-order valence-electron chi connectivity index (χ3n) is 20.3. The van der Waals surface area contributed by atoms with Crippen LogP contribution in [0.25, 0.3) is 0 Å². The van der Waals surface area contributed by atoms with E-state index >= 15 is 0 Å². The average molecular weight is 1550 g/mol. The van der Waals surface area contributed by atoms with Gasteiger partial charge in [0.2, 0.25) is 0 Å². The molecule has 0 saturated carbocycles. The van der Waals surface area contributed by atoms with Crippen molar-refractivity contribution in [1.29, 1.82) is 0 Å². The van der Waals surface area contributed by atoms with E-state index in [2.05, 4.69) is 55.4 Å². The maximum absolute atomic E-state index is 13.1. The number of carbonyl (C=O) groups is 4. The first-order valence-electron chi connectivity index (χ1n) is 44.7. The van der Waals surface area contributed by atoms with Crippen LogP contribution in [-0.2, 0) is 65.4 Å². The lowest BCUT2D eigenvalue weighted by Crippen LogP contribution is -2.30. The summed E-state index contributed by atoms with van der Waals surface area (Å²) in [5.74, 6) is 0.999. The van der Waals surface area contributed by atoms with Gasteiger partial charge in [0.15, 0.2) is 12.2 Å². The van der Waals surface area contributed by atoms with Crippen LogP contribution in [0.2, 0.25) is 0 Å². The van der Waals surface area contributed by atoms with Crippen molar-refractivity contribution in [3.63, 3.8) is 0 Å². The molecule has 0 radical (unpaired) electrons. The fourth-order valence-corrected chi connectivity index (χ4v) is 15.1. The molecule has 0 aromatic carbocycles. The Hall–Kier alpha value is -1.94. The molecule has 3 unspecified atom stereocenters. The summed E-state index contributed by atoms with van der Waals surface area (Å²) in [5.41, 5.74) is 0. The van der Waals surface area contributed by atoms with Gasteiger partial charge in [0.1, 0.15) is 19.3 Å². The molecule has 0 amide bonds. The molecule has 0 heterocycles. The first kappa shape index (κ1) is 104. The van der Waals surface area contributed by atoms with Crippen LogP contribution in [0.3, 0.4) is 0 Å². The zero-order valence-electron chi connectivity index (χ0n) is 70.1. The first-order valence-corrected chi connectivity index (χ1v) is 47.7. The smallest absolute Gasteiger partial charge is 0.462 e. The number of phosphoric ester groups is 2. The maximum atomic E-state index is 13.1. The summed E-state index contributed by atoms with van der Waals surface area (Å²) in [6, 6.07) is 0. The fraction of sp³-hybridized carbons (Fsp3) is 0.954. The van der Waals surface area contributed by atoms with E-state index in [0.29, 0.717) is 31.6 Å². The molecule has 17 nitrogen and oxygen atoms in total. The molecular weight excluding hydrogens is 1380 g/mol. The second-order valence-corrected chi connectivity index (χ2v) is 36.1. The molecule has 0 aliphatic heterocycles. The van der Waals surface area contributed by atoms with Crippen molar-refractivity contribution in [3.05, 3.63) is 0 Å². The van der Waals surface area contributed by atoms with E-state index in [9.17, 15) is 43.2 Å². The molecule has 0 aromatic rings. The lowest BCUT2D eigenvalue weighted by atomic mass is 10.0. The lowest BCUT2D eigenvalue weighted by Gasteiger charge is -2.21. The number of rotatable bonds is 84. The molecule has 0 spiro atoms. The van der Waals surface area contributed by atoms with Crippen molar-refractivity contribution < 1.29 is 80.2 Å². The van der Waals surface area contributed by atoms with Crippen LogP contribution in [0, 0.1) is 23.7 Å². The van der Waals surface area contributed by atoms with Crippen molar-refractivity contribution in [2.75, 3.05) is 39.6 Å². The number of hydrogen-bond acceptors (Lipinski definition) is 15. The minimum absolute atomic E-state index is 0.107. The van der Waals surface area contributed by atoms with Gasteiger partial charge in [-0.2, -0.15) is 0 Å². The van der Waals surface area contributed by atoms with Crippen LogP contribution in [0.1, 0.15) is 453 Å². The lowest BCUT2D eigenvalue weighted by molar-refractivity contribution is -0.161. The summed E-state index contributed by atoms with van der Waals surface area (Å²) in [5, 5.41) is 10.7. The average Bonchev–Trinajstić information content (AvgIpc) is 0.985. The molecule has 3 N–H and O–H groups in total. The predicted molar refractivity (Wildman–Crippen MR) is 437 cm³/mol. The van der Waals surface area contributed by atoms with Gasteiger partial charge in [-0.25, -0.2) is 9.13 Å². The van der Waals surface area contributed by atoms with Gasteiger partial charge in [0.25, 0.3) is 0 Å². The van der Waals surface area contributed by atoms with Crippen molar-refractivity contribution in [3.8, 4) is 0 Å². The Morgan fingerprint density at radius 3 is 0.585 bits per heavy atom. The quantitative estimate of drug-likeness (QED) is 0.0222. The summed E-state index contributed by atoms with van der Waals surface area (Å²) in [6.07, 6.45) is 65.5. The number of aliphatic hydroxyl groups is 1. The highest BCUT2D eigenvalue weighted by atomic mass is 31.2. The Labute approximate surface area is 651 Å². The summed E-state index contributed by atoms with van der Waals surface area (Å²) < 4.78 is 68.9. The largest absolute Gasteiger partial charge is 0.472 e. The number of ether oxygens (including phenoxy) is 4. The molecule has 0 fully saturated rings. The molecule has 0 aliphatic rings. The van der Waals surface area contributed by atoms with Crippen molar-refractivity contribution >= 4 is 39.5 Å². The molecule has 0 aliphatic carbocycles. The van der Waals surface area contributed by atoms with Gasteiger partial charge in [0.05, 0.1) is 26.4 Å². The van der Waals surface area contributed by atoms with Crippen LogP contribution >= 0.6 is 15.6 Å². The number of phosphoric acid groups is 2. The Morgan fingerprint density at radius 1 is 0.236 bits per heavy atom. The van der Waals surface area contributed by atoms with E-state index in [-0.39, 0.29) is 25.7 Å². The van der Waals surface area contributed by atoms with Gasteiger partial charge in [-0.05, 0) is 49.4 Å². The Bertz CT molecular complexity index is 2060. The molecule has 0 aromatic heterocycles. The van der Waals surface area contributed by atoms with Gasteiger partial charge in [0, 0.05) is 25.7 Å². The summed E-state index contributed by atoms with van der Waals surface area (Å²) >= 11 is 0. The second kappa shape index (κ2) is 75.7. The zero-order chi connectivity index (χ0) is 78.1. The Morgan fingerprint density at radius 2 is 0.396 bits per heavy atom. The van der Waals surface area contributed by atoms with E-state index in [4.69, 9.17) is 37.0 Å². The van der Waals surface area contributed by atoms with Crippen molar-refractivity contribution in [2.45, 2.75) is 472 Å². The maximum Gasteiger partial charge on any atom is 0.472 e. The zero-order valence-corrected chi connectivity index (χ0v) is 71.9. The normalized spacial score (nSPS) is 13.9. The number of aliphatic hydroxyl groups excluding tert-OH is 1. The molecule has 0 bridgehead atoms. The third kappa shape index (κ3) is 80.1.